The van der Waals surface area contributed by atoms with Crippen LogP contribution < -0.4 is 15.1 Å². The fourth-order valence-electron chi connectivity index (χ4n) is 4.19. The molecule has 166 valence electrons. The molecule has 5 rings (SSSR count). The molecule has 0 aliphatic carbocycles. The molecule has 0 saturated heterocycles. The summed E-state index contributed by atoms with van der Waals surface area (Å²) in [5.74, 6) is 1.03. The molecule has 7 nitrogen and oxygen atoms in total. The molecule has 1 aliphatic heterocycles. The summed E-state index contributed by atoms with van der Waals surface area (Å²) in [6.07, 6.45) is 2.43. The number of carbonyl (C=O) groups is 1. The van der Waals surface area contributed by atoms with Crippen LogP contribution in [0.1, 0.15) is 46.0 Å². The molecule has 0 N–H and O–H groups in total. The molecule has 1 atom stereocenters. The first-order valence-electron chi connectivity index (χ1n) is 10.7. The van der Waals surface area contributed by atoms with E-state index in [1.165, 1.54) is 4.90 Å². The molecule has 1 amide bonds. The van der Waals surface area contributed by atoms with E-state index in [1.54, 1.807) is 25.1 Å². The van der Waals surface area contributed by atoms with Crippen molar-refractivity contribution in [2.45, 2.75) is 26.3 Å². The maximum Gasteiger partial charge on any atom is 0.296 e. The number of carbonyl (C=O) groups excluding carboxylic acids is 1. The van der Waals surface area contributed by atoms with E-state index in [4.69, 9.17) is 13.7 Å². The minimum Gasteiger partial charge on any atom is -0.490 e. The molecular weight excluding hydrogens is 420 g/mol. The number of nitrogens with zero attached hydrogens (tertiary/aromatic N) is 2. The second kappa shape index (κ2) is 8.09. The first-order valence-corrected chi connectivity index (χ1v) is 10.7. The number of aryl methyl sites for hydroxylation is 2. The summed E-state index contributed by atoms with van der Waals surface area (Å²) >= 11 is 0. The third-order valence-electron chi connectivity index (χ3n) is 5.75. The molecular formula is C26H22N2O5. The van der Waals surface area contributed by atoms with Gasteiger partial charge in [-0.05, 0) is 48.7 Å². The summed E-state index contributed by atoms with van der Waals surface area (Å²) in [6.45, 7) is 7.77. The van der Waals surface area contributed by atoms with Gasteiger partial charge in [0.15, 0.2) is 11.2 Å². The van der Waals surface area contributed by atoms with Crippen LogP contribution in [-0.4, -0.2) is 17.7 Å². The van der Waals surface area contributed by atoms with E-state index in [-0.39, 0.29) is 16.8 Å². The van der Waals surface area contributed by atoms with Gasteiger partial charge in [-0.3, -0.25) is 14.5 Å². The Morgan fingerprint density at radius 2 is 2.03 bits per heavy atom. The van der Waals surface area contributed by atoms with Crippen molar-refractivity contribution < 1.29 is 18.5 Å². The Balaban J connectivity index is 1.76. The van der Waals surface area contributed by atoms with E-state index in [0.717, 1.165) is 12.0 Å². The highest BCUT2D eigenvalue weighted by Gasteiger charge is 2.45. The Morgan fingerprint density at radius 1 is 1.18 bits per heavy atom. The van der Waals surface area contributed by atoms with E-state index >= 15 is 0 Å². The number of hydrogen-bond acceptors (Lipinski definition) is 6. The summed E-state index contributed by atoms with van der Waals surface area (Å²) in [6, 6.07) is 13.7. The largest absolute Gasteiger partial charge is 0.490 e. The molecule has 4 aromatic rings. The Hall–Kier alpha value is -4.13. The molecule has 2 aromatic heterocycles. The molecule has 0 saturated carbocycles. The summed E-state index contributed by atoms with van der Waals surface area (Å²) in [5.41, 5.74) is 2.13. The molecule has 3 heterocycles. The highest BCUT2D eigenvalue weighted by Crippen LogP contribution is 2.41. The van der Waals surface area contributed by atoms with Crippen molar-refractivity contribution in [2.24, 2.45) is 0 Å². The van der Waals surface area contributed by atoms with Crippen LogP contribution >= 0.6 is 0 Å². The normalized spacial score (nSPS) is 15.2. The van der Waals surface area contributed by atoms with Crippen molar-refractivity contribution in [3.63, 3.8) is 0 Å². The molecule has 33 heavy (non-hydrogen) atoms. The number of aromatic nitrogens is 1. The number of fused-ring (bicyclic) bond motifs is 2. The minimum absolute atomic E-state index is 0.0137. The van der Waals surface area contributed by atoms with Crippen LogP contribution in [0.25, 0.3) is 11.0 Å². The van der Waals surface area contributed by atoms with E-state index in [9.17, 15) is 9.59 Å². The van der Waals surface area contributed by atoms with Crippen LogP contribution in [-0.2, 0) is 6.42 Å². The highest BCUT2D eigenvalue weighted by molar-refractivity contribution is 6.10. The van der Waals surface area contributed by atoms with Crippen LogP contribution in [0.15, 0.2) is 74.9 Å². The number of hydrogen-bond donors (Lipinski definition) is 0. The lowest BCUT2D eigenvalue weighted by Gasteiger charge is -2.22. The fourth-order valence-corrected chi connectivity index (χ4v) is 4.19. The lowest BCUT2D eigenvalue weighted by Crippen LogP contribution is -2.29. The molecule has 7 heteroatoms. The Bertz CT molecular complexity index is 1450. The standard InChI is InChI=1S/C26H22N2O5/c1-4-11-31-18-8-6-7-17(14-18)23-22-24(29)19-13-16(5-2)9-10-20(19)32-25(22)26(30)28(23)21-12-15(3)33-27-21/h4,6-10,12-14,23H,1,5,11H2,2-3H3/t23-/m0/s1. The van der Waals surface area contributed by atoms with Gasteiger partial charge < -0.3 is 13.7 Å². The number of amides is 1. The third-order valence-corrected chi connectivity index (χ3v) is 5.75. The van der Waals surface area contributed by atoms with Gasteiger partial charge in [0.2, 0.25) is 5.76 Å². The molecule has 0 unspecified atom stereocenters. The van der Waals surface area contributed by atoms with Gasteiger partial charge in [0.05, 0.1) is 17.0 Å². The number of benzene rings is 2. The predicted octanol–water partition coefficient (Wildman–Crippen LogP) is 4.97. The first kappa shape index (κ1) is 20.8. The van der Waals surface area contributed by atoms with Gasteiger partial charge in [0.25, 0.3) is 5.91 Å². The zero-order valence-electron chi connectivity index (χ0n) is 18.3. The van der Waals surface area contributed by atoms with E-state index < -0.39 is 11.9 Å². The van der Waals surface area contributed by atoms with Gasteiger partial charge in [0.1, 0.15) is 23.7 Å². The maximum absolute atomic E-state index is 13.7. The molecule has 0 bridgehead atoms. The molecule has 1 aliphatic rings. The van der Waals surface area contributed by atoms with Crippen LogP contribution in [0.4, 0.5) is 5.82 Å². The summed E-state index contributed by atoms with van der Waals surface area (Å²) in [4.78, 5) is 28.7. The second-order valence-electron chi connectivity index (χ2n) is 7.90. The van der Waals surface area contributed by atoms with Crippen LogP contribution in [0.2, 0.25) is 0 Å². The second-order valence-corrected chi connectivity index (χ2v) is 7.90. The van der Waals surface area contributed by atoms with Gasteiger partial charge in [-0.25, -0.2) is 0 Å². The van der Waals surface area contributed by atoms with Crippen molar-refractivity contribution in [1.29, 1.82) is 0 Å². The molecule has 0 fully saturated rings. The summed E-state index contributed by atoms with van der Waals surface area (Å²) in [5, 5.41) is 4.49. The predicted molar refractivity (Wildman–Crippen MR) is 124 cm³/mol. The quantitative estimate of drug-likeness (QED) is 0.392. The first-order chi connectivity index (χ1) is 16.0. The van der Waals surface area contributed by atoms with Gasteiger partial charge in [-0.15, -0.1) is 0 Å². The van der Waals surface area contributed by atoms with Gasteiger partial charge >= 0.3 is 0 Å². The number of anilines is 1. The average Bonchev–Trinajstić information content (AvgIpc) is 3.38. The fraction of sp³-hybridized carbons (Fsp3) is 0.192. The summed E-state index contributed by atoms with van der Waals surface area (Å²) in [7, 11) is 0. The van der Waals surface area contributed by atoms with E-state index in [1.807, 2.05) is 43.3 Å². The number of rotatable bonds is 6. The third kappa shape index (κ3) is 3.42. The Labute approximate surface area is 189 Å². The van der Waals surface area contributed by atoms with Gasteiger partial charge in [-0.2, -0.15) is 0 Å². The smallest absolute Gasteiger partial charge is 0.296 e. The molecule has 0 spiro atoms. The Kier molecular flexibility index (Phi) is 5.09. The zero-order chi connectivity index (χ0) is 23.1. The highest BCUT2D eigenvalue weighted by atomic mass is 16.5. The van der Waals surface area contributed by atoms with Gasteiger partial charge in [-0.1, -0.05) is 42.9 Å². The van der Waals surface area contributed by atoms with Crippen molar-refractivity contribution in [1.82, 2.24) is 5.16 Å². The number of ether oxygens (including phenoxy) is 1. The minimum atomic E-state index is -0.741. The Morgan fingerprint density at radius 3 is 2.76 bits per heavy atom. The van der Waals surface area contributed by atoms with Crippen molar-refractivity contribution in [3.8, 4) is 5.75 Å². The van der Waals surface area contributed by atoms with E-state index in [2.05, 4.69) is 11.7 Å². The van der Waals surface area contributed by atoms with E-state index in [0.29, 0.717) is 40.5 Å². The molecule has 0 radical (unpaired) electrons. The SMILES string of the molecule is C=CCOc1cccc([C@H]2c3c(oc4ccc(CC)cc4c3=O)C(=O)N2c2cc(C)on2)c1. The van der Waals surface area contributed by atoms with Crippen LogP contribution in [0, 0.1) is 6.92 Å². The lowest BCUT2D eigenvalue weighted by molar-refractivity contribution is 0.0969. The average molecular weight is 442 g/mol. The van der Waals surface area contributed by atoms with Crippen LogP contribution in [0.5, 0.6) is 5.75 Å². The van der Waals surface area contributed by atoms with Crippen molar-refractivity contribution in [2.75, 3.05) is 11.5 Å². The van der Waals surface area contributed by atoms with Crippen molar-refractivity contribution in [3.05, 3.63) is 99.6 Å². The monoisotopic (exact) mass is 442 g/mol. The van der Waals surface area contributed by atoms with Crippen molar-refractivity contribution >= 4 is 22.7 Å². The van der Waals surface area contributed by atoms with Crippen LogP contribution in [0.3, 0.4) is 0 Å². The summed E-state index contributed by atoms with van der Waals surface area (Å²) < 4.78 is 16.9. The lowest BCUT2D eigenvalue weighted by atomic mass is 9.97. The molecule has 2 aromatic carbocycles. The topological polar surface area (TPSA) is 85.8 Å². The zero-order valence-corrected chi connectivity index (χ0v) is 18.3. The van der Waals surface area contributed by atoms with Gasteiger partial charge in [0, 0.05) is 6.07 Å². The maximum atomic E-state index is 13.7.